The van der Waals surface area contributed by atoms with Crippen molar-refractivity contribution in [1.82, 2.24) is 4.98 Å². The van der Waals surface area contributed by atoms with Crippen LogP contribution in [0.3, 0.4) is 0 Å². The lowest BCUT2D eigenvalue weighted by molar-refractivity contribution is 0.609. The molecule has 2 nitrogen and oxygen atoms in total. The zero-order valence-electron chi connectivity index (χ0n) is 8.22. The summed E-state index contributed by atoms with van der Waals surface area (Å²) in [5, 5.41) is 0.462. The summed E-state index contributed by atoms with van der Waals surface area (Å²) < 4.78 is 0. The van der Waals surface area contributed by atoms with Crippen LogP contribution in [0.4, 0.5) is 5.69 Å². The average Bonchev–Trinajstić information content (AvgIpc) is 2.13. The van der Waals surface area contributed by atoms with Crippen molar-refractivity contribution in [2.75, 3.05) is 5.73 Å². The van der Waals surface area contributed by atoms with E-state index in [-0.39, 0.29) is 0 Å². The number of fused-ring (bicyclic) bond motifs is 1. The van der Waals surface area contributed by atoms with Gasteiger partial charge in [-0.25, -0.2) is 4.98 Å². The van der Waals surface area contributed by atoms with Gasteiger partial charge in [-0.2, -0.15) is 0 Å². The molecule has 0 aromatic carbocycles. The molecule has 0 unspecified atom stereocenters. The van der Waals surface area contributed by atoms with Gasteiger partial charge in [0.05, 0.1) is 5.69 Å². The van der Waals surface area contributed by atoms with E-state index >= 15 is 0 Å². The summed E-state index contributed by atoms with van der Waals surface area (Å²) in [6, 6.07) is 2.00. The van der Waals surface area contributed by atoms with Crippen LogP contribution in [0.15, 0.2) is 6.07 Å². The van der Waals surface area contributed by atoms with Crippen molar-refractivity contribution in [3.05, 3.63) is 22.5 Å². The largest absolute Gasteiger partial charge is 0.396 e. The molecule has 2 N–H and O–H groups in total. The highest BCUT2D eigenvalue weighted by Crippen LogP contribution is 2.24. The Morgan fingerprint density at radius 1 is 1.14 bits per heavy atom. The van der Waals surface area contributed by atoms with Crippen LogP contribution in [0.5, 0.6) is 0 Å². The van der Waals surface area contributed by atoms with Crippen LogP contribution < -0.4 is 5.73 Å². The Balaban J connectivity index is 2.35. The number of aromatic nitrogens is 1. The molecule has 14 heavy (non-hydrogen) atoms. The Hall–Kier alpha value is -0.760. The van der Waals surface area contributed by atoms with Gasteiger partial charge in [0.1, 0.15) is 0 Å². The molecule has 2 rings (SSSR count). The molecule has 1 heterocycles. The fourth-order valence-electron chi connectivity index (χ4n) is 1.98. The summed E-state index contributed by atoms with van der Waals surface area (Å²) in [6.07, 6.45) is 7.25. The van der Waals surface area contributed by atoms with Crippen molar-refractivity contribution in [3.63, 3.8) is 0 Å². The van der Waals surface area contributed by atoms with Crippen molar-refractivity contribution in [2.45, 2.75) is 38.5 Å². The summed E-state index contributed by atoms with van der Waals surface area (Å²) in [5.74, 6) is 0. The van der Waals surface area contributed by atoms with Crippen LogP contribution in [0.25, 0.3) is 0 Å². The van der Waals surface area contributed by atoms with Gasteiger partial charge in [0.25, 0.3) is 0 Å². The standard InChI is InChI=1S/C11H15ClN2/c12-11-9(13)7-8-5-3-1-2-4-6-10(8)14-11/h7H,1-6,13H2. The van der Waals surface area contributed by atoms with Crippen LogP contribution in [-0.4, -0.2) is 4.98 Å². The first-order chi connectivity index (χ1) is 6.77. The third-order valence-corrected chi connectivity index (χ3v) is 3.08. The second-order valence-electron chi connectivity index (χ2n) is 3.89. The van der Waals surface area contributed by atoms with Gasteiger partial charge < -0.3 is 5.73 Å². The molecular formula is C11H15ClN2. The van der Waals surface area contributed by atoms with Gasteiger partial charge in [-0.15, -0.1) is 0 Å². The quantitative estimate of drug-likeness (QED) is 0.669. The van der Waals surface area contributed by atoms with Crippen LogP contribution in [0.1, 0.15) is 36.9 Å². The van der Waals surface area contributed by atoms with Crippen molar-refractivity contribution in [1.29, 1.82) is 0 Å². The highest BCUT2D eigenvalue weighted by Gasteiger charge is 2.10. The highest BCUT2D eigenvalue weighted by molar-refractivity contribution is 6.31. The maximum absolute atomic E-state index is 5.90. The lowest BCUT2D eigenvalue weighted by Crippen LogP contribution is -2.04. The smallest absolute Gasteiger partial charge is 0.152 e. The molecule has 0 fully saturated rings. The lowest BCUT2D eigenvalue weighted by atomic mass is 9.97. The van der Waals surface area contributed by atoms with E-state index in [4.69, 9.17) is 17.3 Å². The molecule has 0 spiro atoms. The lowest BCUT2D eigenvalue weighted by Gasteiger charge is -2.13. The molecular weight excluding hydrogens is 196 g/mol. The topological polar surface area (TPSA) is 38.9 Å². The van der Waals surface area contributed by atoms with Gasteiger partial charge >= 0.3 is 0 Å². The minimum atomic E-state index is 0.462. The number of nitrogens with zero attached hydrogens (tertiary/aromatic N) is 1. The molecule has 1 aromatic heterocycles. The summed E-state index contributed by atoms with van der Waals surface area (Å²) in [7, 11) is 0. The highest BCUT2D eigenvalue weighted by atomic mass is 35.5. The Bertz CT molecular complexity index is 303. The fourth-order valence-corrected chi connectivity index (χ4v) is 2.14. The van der Waals surface area contributed by atoms with Gasteiger partial charge in [-0.1, -0.05) is 24.4 Å². The van der Waals surface area contributed by atoms with Crippen molar-refractivity contribution in [3.8, 4) is 0 Å². The zero-order valence-corrected chi connectivity index (χ0v) is 8.98. The van der Waals surface area contributed by atoms with E-state index in [1.807, 2.05) is 6.07 Å². The van der Waals surface area contributed by atoms with Gasteiger partial charge in [0.15, 0.2) is 5.15 Å². The van der Waals surface area contributed by atoms with Crippen LogP contribution >= 0.6 is 11.6 Å². The van der Waals surface area contributed by atoms with Crippen molar-refractivity contribution < 1.29 is 0 Å². The average molecular weight is 211 g/mol. The number of rotatable bonds is 0. The number of nitrogens with two attached hydrogens (primary N) is 1. The van der Waals surface area contributed by atoms with E-state index in [0.29, 0.717) is 10.8 Å². The fraction of sp³-hybridized carbons (Fsp3) is 0.545. The number of pyridine rings is 1. The Kier molecular flexibility index (Phi) is 2.92. The van der Waals surface area contributed by atoms with Gasteiger partial charge in [0.2, 0.25) is 0 Å². The first-order valence-electron chi connectivity index (χ1n) is 5.21. The molecule has 0 radical (unpaired) electrons. The number of hydrogen-bond donors (Lipinski definition) is 1. The zero-order chi connectivity index (χ0) is 9.97. The summed E-state index contributed by atoms with van der Waals surface area (Å²) in [6.45, 7) is 0. The Morgan fingerprint density at radius 3 is 2.64 bits per heavy atom. The third-order valence-electron chi connectivity index (χ3n) is 2.78. The number of nitrogen functional groups attached to an aromatic ring is 1. The van der Waals surface area contributed by atoms with Gasteiger partial charge in [-0.3, -0.25) is 0 Å². The molecule has 3 heteroatoms. The maximum atomic E-state index is 5.90. The Labute approximate surface area is 89.5 Å². The van der Waals surface area contributed by atoms with Gasteiger partial charge in [0, 0.05) is 5.69 Å². The van der Waals surface area contributed by atoms with Crippen LogP contribution in [0, 0.1) is 0 Å². The summed E-state index contributed by atoms with van der Waals surface area (Å²) >= 11 is 5.90. The summed E-state index contributed by atoms with van der Waals surface area (Å²) in [4.78, 5) is 4.36. The predicted octanol–water partition coefficient (Wildman–Crippen LogP) is 2.98. The van der Waals surface area contributed by atoms with Gasteiger partial charge in [-0.05, 0) is 37.3 Å². The van der Waals surface area contributed by atoms with Crippen molar-refractivity contribution >= 4 is 17.3 Å². The number of hydrogen-bond acceptors (Lipinski definition) is 2. The molecule has 0 saturated heterocycles. The van der Waals surface area contributed by atoms with E-state index < -0.39 is 0 Å². The predicted molar refractivity (Wildman–Crippen MR) is 59.5 cm³/mol. The molecule has 0 saturated carbocycles. The molecule has 0 amide bonds. The number of anilines is 1. The second kappa shape index (κ2) is 4.18. The third kappa shape index (κ3) is 2.01. The molecule has 0 atom stereocenters. The van der Waals surface area contributed by atoms with E-state index in [2.05, 4.69) is 4.98 Å². The first kappa shape index (κ1) is 9.78. The molecule has 1 aliphatic rings. The SMILES string of the molecule is Nc1cc2c(nc1Cl)CCCCCC2. The molecule has 0 bridgehead atoms. The molecule has 1 aliphatic carbocycles. The monoisotopic (exact) mass is 210 g/mol. The summed E-state index contributed by atoms with van der Waals surface area (Å²) in [5.41, 5.74) is 8.81. The molecule has 1 aromatic rings. The minimum absolute atomic E-state index is 0.462. The maximum Gasteiger partial charge on any atom is 0.152 e. The van der Waals surface area contributed by atoms with Crippen molar-refractivity contribution in [2.24, 2.45) is 0 Å². The van der Waals surface area contributed by atoms with E-state index in [0.717, 1.165) is 18.5 Å². The first-order valence-corrected chi connectivity index (χ1v) is 5.59. The number of halogens is 1. The Morgan fingerprint density at radius 2 is 1.86 bits per heavy atom. The normalized spacial score (nSPS) is 16.9. The van der Waals surface area contributed by atoms with Crippen LogP contribution in [0.2, 0.25) is 5.15 Å². The van der Waals surface area contributed by atoms with E-state index in [9.17, 15) is 0 Å². The van der Waals surface area contributed by atoms with Crippen LogP contribution in [-0.2, 0) is 12.8 Å². The molecule has 0 aliphatic heterocycles. The van der Waals surface area contributed by atoms with E-state index in [1.165, 1.54) is 31.2 Å². The molecule has 76 valence electrons. The minimum Gasteiger partial charge on any atom is -0.396 e. The second-order valence-corrected chi connectivity index (χ2v) is 4.25. The number of aryl methyl sites for hydroxylation is 2. The van der Waals surface area contributed by atoms with E-state index in [1.54, 1.807) is 0 Å².